The molecule has 0 atom stereocenters. The van der Waals surface area contributed by atoms with Gasteiger partial charge in [0.2, 0.25) is 0 Å². The predicted molar refractivity (Wildman–Crippen MR) is 131 cm³/mol. The van der Waals surface area contributed by atoms with E-state index in [2.05, 4.69) is 25.6 Å². The Hall–Kier alpha value is -2.36. The number of benzene rings is 1. The van der Waals surface area contributed by atoms with Crippen LogP contribution in [-0.2, 0) is 14.3 Å². The van der Waals surface area contributed by atoms with Gasteiger partial charge in [-0.3, -0.25) is 0 Å². The highest BCUT2D eigenvalue weighted by Gasteiger charge is 2.22. The standard InChI is InChI=1S/C28H40O4/c1-4-5-6-7-8-9-22-10-14-24(15-11-22)25-16-12-23(13-17-25)20-26(27(29)30)18-19-32-28(31)21(2)3/h12-13,16-17,20,22,24H,2,4-11,14-15,18-19H2,1,3H3,(H,29,30). The zero-order valence-corrected chi connectivity index (χ0v) is 19.9. The molecular weight excluding hydrogens is 400 g/mol. The molecule has 1 saturated carbocycles. The van der Waals surface area contributed by atoms with Crippen molar-refractivity contribution in [1.82, 2.24) is 0 Å². The summed E-state index contributed by atoms with van der Waals surface area (Å²) in [6.45, 7) is 7.39. The van der Waals surface area contributed by atoms with E-state index in [-0.39, 0.29) is 18.6 Å². The summed E-state index contributed by atoms with van der Waals surface area (Å²) in [6.07, 6.45) is 15.2. The quantitative estimate of drug-likeness (QED) is 0.199. The van der Waals surface area contributed by atoms with Crippen LogP contribution in [0.4, 0.5) is 0 Å². The van der Waals surface area contributed by atoms with Crippen molar-refractivity contribution < 1.29 is 19.4 Å². The topological polar surface area (TPSA) is 63.6 Å². The molecule has 0 unspecified atom stereocenters. The van der Waals surface area contributed by atoms with Gasteiger partial charge in [0.15, 0.2) is 0 Å². The summed E-state index contributed by atoms with van der Waals surface area (Å²) in [5.41, 5.74) is 2.75. The Bertz CT molecular complexity index is 767. The average Bonchev–Trinajstić information content (AvgIpc) is 2.79. The molecule has 1 fully saturated rings. The van der Waals surface area contributed by atoms with Crippen LogP contribution in [-0.4, -0.2) is 23.7 Å². The normalized spacial score (nSPS) is 18.9. The molecular formula is C28H40O4. The highest BCUT2D eigenvalue weighted by Crippen LogP contribution is 2.38. The second-order valence-electron chi connectivity index (χ2n) is 9.23. The van der Waals surface area contributed by atoms with Crippen LogP contribution in [0.3, 0.4) is 0 Å². The monoisotopic (exact) mass is 440 g/mol. The van der Waals surface area contributed by atoms with Crippen molar-refractivity contribution in [3.8, 4) is 0 Å². The molecule has 2 rings (SSSR count). The number of aliphatic carboxylic acids is 1. The van der Waals surface area contributed by atoms with E-state index in [4.69, 9.17) is 4.74 Å². The van der Waals surface area contributed by atoms with Gasteiger partial charge in [-0.2, -0.15) is 0 Å². The molecule has 0 spiro atoms. The van der Waals surface area contributed by atoms with Crippen molar-refractivity contribution in [3.63, 3.8) is 0 Å². The van der Waals surface area contributed by atoms with Crippen molar-refractivity contribution in [1.29, 1.82) is 0 Å². The summed E-state index contributed by atoms with van der Waals surface area (Å²) in [4.78, 5) is 23.0. The van der Waals surface area contributed by atoms with Gasteiger partial charge in [0.1, 0.15) is 0 Å². The molecule has 1 aromatic rings. The maximum absolute atomic E-state index is 11.6. The lowest BCUT2D eigenvalue weighted by molar-refractivity contribution is -0.139. The highest BCUT2D eigenvalue weighted by molar-refractivity contribution is 5.92. The third-order valence-electron chi connectivity index (χ3n) is 6.54. The lowest BCUT2D eigenvalue weighted by atomic mass is 9.77. The van der Waals surface area contributed by atoms with E-state index < -0.39 is 11.9 Å². The van der Waals surface area contributed by atoms with Gasteiger partial charge in [0, 0.05) is 17.6 Å². The first kappa shape index (κ1) is 25.9. The van der Waals surface area contributed by atoms with Crippen molar-refractivity contribution in [3.05, 3.63) is 53.1 Å². The maximum atomic E-state index is 11.6. The summed E-state index contributed by atoms with van der Waals surface area (Å²) in [5.74, 6) is 0.0239. The SMILES string of the molecule is C=C(C)C(=O)OCCC(=Cc1ccc(C2CCC(CCCCCCC)CC2)cc1)C(=O)O. The Labute approximate surface area is 193 Å². The van der Waals surface area contributed by atoms with Crippen molar-refractivity contribution in [2.45, 2.75) is 90.4 Å². The fraction of sp³-hybridized carbons (Fsp3) is 0.571. The molecule has 4 heteroatoms. The highest BCUT2D eigenvalue weighted by atomic mass is 16.5. The van der Waals surface area contributed by atoms with E-state index in [1.165, 1.54) is 69.8 Å². The molecule has 0 heterocycles. The van der Waals surface area contributed by atoms with Crippen LogP contribution in [0.25, 0.3) is 6.08 Å². The summed E-state index contributed by atoms with van der Waals surface area (Å²) in [5, 5.41) is 9.47. The minimum atomic E-state index is -0.992. The van der Waals surface area contributed by atoms with E-state index in [1.54, 1.807) is 13.0 Å². The van der Waals surface area contributed by atoms with Crippen LogP contribution in [0.1, 0.15) is 102 Å². The Morgan fingerprint density at radius 1 is 1.06 bits per heavy atom. The third-order valence-corrected chi connectivity index (χ3v) is 6.54. The van der Waals surface area contributed by atoms with Gasteiger partial charge in [0.25, 0.3) is 0 Å². The molecule has 0 amide bonds. The molecule has 32 heavy (non-hydrogen) atoms. The van der Waals surface area contributed by atoms with Gasteiger partial charge >= 0.3 is 11.9 Å². The van der Waals surface area contributed by atoms with Gasteiger partial charge in [-0.1, -0.05) is 76.3 Å². The van der Waals surface area contributed by atoms with E-state index in [9.17, 15) is 14.7 Å². The number of hydrogen-bond donors (Lipinski definition) is 1. The first-order valence-corrected chi connectivity index (χ1v) is 12.3. The Kier molecular flexibility index (Phi) is 11.3. The number of ether oxygens (including phenoxy) is 1. The zero-order valence-electron chi connectivity index (χ0n) is 19.9. The first-order valence-electron chi connectivity index (χ1n) is 12.3. The van der Waals surface area contributed by atoms with Crippen LogP contribution >= 0.6 is 0 Å². The van der Waals surface area contributed by atoms with Crippen LogP contribution in [0.5, 0.6) is 0 Å². The minimum absolute atomic E-state index is 0.0315. The second kappa shape index (κ2) is 13.9. The third kappa shape index (κ3) is 9.02. The molecule has 4 nitrogen and oxygen atoms in total. The number of rotatable bonds is 13. The number of carboxylic acid groups (broad SMARTS) is 1. The van der Waals surface area contributed by atoms with Crippen LogP contribution in [0, 0.1) is 5.92 Å². The van der Waals surface area contributed by atoms with E-state index in [0.29, 0.717) is 11.5 Å². The largest absolute Gasteiger partial charge is 0.478 e. The number of carboxylic acids is 1. The molecule has 0 radical (unpaired) electrons. The van der Waals surface area contributed by atoms with E-state index in [0.717, 1.165) is 11.5 Å². The molecule has 1 aromatic carbocycles. The summed E-state index contributed by atoms with van der Waals surface area (Å²) in [6, 6.07) is 8.28. The Balaban J connectivity index is 1.83. The van der Waals surface area contributed by atoms with E-state index >= 15 is 0 Å². The summed E-state index contributed by atoms with van der Waals surface area (Å²) >= 11 is 0. The van der Waals surface area contributed by atoms with Gasteiger partial charge in [-0.15, -0.1) is 0 Å². The molecule has 0 bridgehead atoms. The van der Waals surface area contributed by atoms with Gasteiger partial charge in [-0.05, 0) is 61.6 Å². The number of carbonyl (C=O) groups is 2. The van der Waals surface area contributed by atoms with Gasteiger partial charge in [0.05, 0.1) is 6.61 Å². The lowest BCUT2D eigenvalue weighted by Crippen LogP contribution is -2.13. The van der Waals surface area contributed by atoms with Crippen LogP contribution in [0.2, 0.25) is 0 Å². The molecule has 0 saturated heterocycles. The lowest BCUT2D eigenvalue weighted by Gasteiger charge is -2.29. The van der Waals surface area contributed by atoms with Crippen molar-refractivity contribution in [2.24, 2.45) is 5.92 Å². The number of unbranched alkanes of at least 4 members (excludes halogenated alkanes) is 4. The Morgan fingerprint density at radius 3 is 2.31 bits per heavy atom. The summed E-state index contributed by atoms with van der Waals surface area (Å²) in [7, 11) is 0. The van der Waals surface area contributed by atoms with Gasteiger partial charge < -0.3 is 9.84 Å². The minimum Gasteiger partial charge on any atom is -0.478 e. The molecule has 1 aliphatic carbocycles. The van der Waals surface area contributed by atoms with Crippen LogP contribution < -0.4 is 0 Å². The maximum Gasteiger partial charge on any atom is 0.333 e. The first-order chi connectivity index (χ1) is 15.4. The number of esters is 1. The number of carbonyl (C=O) groups excluding carboxylic acids is 1. The molecule has 176 valence electrons. The number of hydrogen-bond acceptors (Lipinski definition) is 3. The predicted octanol–water partition coefficient (Wildman–Crippen LogP) is 7.30. The average molecular weight is 441 g/mol. The Morgan fingerprint density at radius 2 is 1.72 bits per heavy atom. The fourth-order valence-electron chi connectivity index (χ4n) is 4.50. The summed E-state index contributed by atoms with van der Waals surface area (Å²) < 4.78 is 5.03. The molecule has 0 aliphatic heterocycles. The zero-order chi connectivity index (χ0) is 23.3. The molecule has 1 N–H and O–H groups in total. The van der Waals surface area contributed by atoms with Crippen LogP contribution in [0.15, 0.2) is 42.0 Å². The molecule has 1 aliphatic rings. The fourth-order valence-corrected chi connectivity index (χ4v) is 4.50. The van der Waals surface area contributed by atoms with Crippen molar-refractivity contribution in [2.75, 3.05) is 6.61 Å². The van der Waals surface area contributed by atoms with Gasteiger partial charge in [-0.25, -0.2) is 9.59 Å². The smallest absolute Gasteiger partial charge is 0.333 e. The molecule has 0 aromatic heterocycles. The second-order valence-corrected chi connectivity index (χ2v) is 9.23. The van der Waals surface area contributed by atoms with E-state index in [1.807, 2.05) is 12.1 Å². The van der Waals surface area contributed by atoms with Crippen molar-refractivity contribution >= 4 is 18.0 Å².